The summed E-state index contributed by atoms with van der Waals surface area (Å²) < 4.78 is 0. The van der Waals surface area contributed by atoms with Gasteiger partial charge in [0.25, 0.3) is 0 Å². The van der Waals surface area contributed by atoms with Gasteiger partial charge in [0.15, 0.2) is 0 Å². The van der Waals surface area contributed by atoms with Crippen LogP contribution < -0.4 is 11.1 Å². The van der Waals surface area contributed by atoms with E-state index < -0.39 is 4.92 Å². The Morgan fingerprint density at radius 1 is 1.73 bits per heavy atom. The Hall–Kier alpha value is -1.69. The van der Waals surface area contributed by atoms with E-state index in [1.54, 1.807) is 12.1 Å². The minimum Gasteiger partial charge on any atom is -0.374 e. The van der Waals surface area contributed by atoms with Crippen molar-refractivity contribution in [3.8, 4) is 0 Å². The molecule has 1 aromatic heterocycles. The molecule has 0 saturated heterocycles. The Morgan fingerprint density at radius 3 is 3.00 bits per heavy atom. The van der Waals surface area contributed by atoms with Gasteiger partial charge in [0, 0.05) is 12.6 Å². The van der Waals surface area contributed by atoms with Crippen LogP contribution in [0.1, 0.15) is 13.3 Å². The molecule has 0 aromatic carbocycles. The average molecular weight is 210 g/mol. The Balaban J connectivity index is 2.88. The van der Waals surface area contributed by atoms with Gasteiger partial charge in [0.05, 0.1) is 0 Å². The van der Waals surface area contributed by atoms with E-state index in [0.717, 1.165) is 6.42 Å². The molecule has 1 atom stereocenters. The summed E-state index contributed by atoms with van der Waals surface area (Å²) >= 11 is 0. The van der Waals surface area contributed by atoms with Crippen molar-refractivity contribution in [2.24, 2.45) is 5.73 Å². The Kier molecular flexibility index (Phi) is 3.99. The van der Waals surface area contributed by atoms with Crippen LogP contribution in [0.2, 0.25) is 0 Å². The van der Waals surface area contributed by atoms with Crippen LogP contribution in [0.15, 0.2) is 18.3 Å². The van der Waals surface area contributed by atoms with Crippen molar-refractivity contribution in [3.63, 3.8) is 0 Å². The third kappa shape index (κ3) is 2.88. The third-order valence-electron chi connectivity index (χ3n) is 2.10. The first-order valence-electron chi connectivity index (χ1n) is 4.75. The van der Waals surface area contributed by atoms with Crippen LogP contribution in [-0.2, 0) is 0 Å². The molecule has 0 amide bonds. The lowest BCUT2D eigenvalue weighted by Crippen LogP contribution is -2.28. The summed E-state index contributed by atoms with van der Waals surface area (Å²) in [7, 11) is 0. The summed E-state index contributed by atoms with van der Waals surface area (Å²) in [5, 5.41) is 13.7. The van der Waals surface area contributed by atoms with Crippen LogP contribution in [0.4, 0.5) is 11.5 Å². The first-order valence-corrected chi connectivity index (χ1v) is 4.75. The molecule has 82 valence electrons. The van der Waals surface area contributed by atoms with E-state index in [1.165, 1.54) is 6.20 Å². The van der Waals surface area contributed by atoms with Gasteiger partial charge in [-0.1, -0.05) is 6.92 Å². The summed E-state index contributed by atoms with van der Waals surface area (Å²) in [6, 6.07) is 3.31. The number of nitrogens with one attached hydrogen (secondary N) is 1. The zero-order valence-corrected chi connectivity index (χ0v) is 8.51. The fraction of sp³-hybridized carbons (Fsp3) is 0.444. The van der Waals surface area contributed by atoms with Crippen molar-refractivity contribution >= 4 is 11.5 Å². The zero-order chi connectivity index (χ0) is 11.3. The number of nitrogens with two attached hydrogens (primary N) is 1. The summed E-state index contributed by atoms with van der Waals surface area (Å²) in [5.41, 5.74) is 5.92. The summed E-state index contributed by atoms with van der Waals surface area (Å²) in [6.07, 6.45) is 2.20. The molecule has 0 aliphatic carbocycles. The summed E-state index contributed by atoms with van der Waals surface area (Å²) in [5.74, 6) is -0.163. The molecule has 0 saturated carbocycles. The molecule has 0 radical (unpaired) electrons. The first kappa shape index (κ1) is 11.4. The fourth-order valence-electron chi connectivity index (χ4n) is 1.20. The highest BCUT2D eigenvalue weighted by Gasteiger charge is 2.15. The number of hydrogen-bond acceptors (Lipinski definition) is 5. The maximum atomic E-state index is 10.7. The Labute approximate surface area is 87.7 Å². The molecule has 0 aliphatic heterocycles. The van der Waals surface area contributed by atoms with Gasteiger partial charge >= 0.3 is 5.82 Å². The molecule has 1 rings (SSSR count). The van der Waals surface area contributed by atoms with Crippen LogP contribution >= 0.6 is 0 Å². The van der Waals surface area contributed by atoms with Crippen LogP contribution in [0.25, 0.3) is 0 Å². The van der Waals surface area contributed by atoms with E-state index in [0.29, 0.717) is 12.2 Å². The highest BCUT2D eigenvalue weighted by atomic mass is 16.6. The lowest BCUT2D eigenvalue weighted by Gasteiger charge is -2.15. The highest BCUT2D eigenvalue weighted by Crippen LogP contribution is 2.21. The average Bonchev–Trinajstić information content (AvgIpc) is 2.26. The molecule has 0 spiro atoms. The molecular formula is C9H14N4O2. The third-order valence-corrected chi connectivity index (χ3v) is 2.10. The fourth-order valence-corrected chi connectivity index (χ4v) is 1.20. The molecule has 6 nitrogen and oxygen atoms in total. The second kappa shape index (κ2) is 5.26. The van der Waals surface area contributed by atoms with E-state index >= 15 is 0 Å². The molecule has 1 aromatic rings. The van der Waals surface area contributed by atoms with Crippen LogP contribution in [0.3, 0.4) is 0 Å². The molecule has 3 N–H and O–H groups in total. The van der Waals surface area contributed by atoms with Gasteiger partial charge in [-0.15, -0.1) is 0 Å². The van der Waals surface area contributed by atoms with E-state index in [4.69, 9.17) is 5.73 Å². The number of aromatic nitrogens is 1. The lowest BCUT2D eigenvalue weighted by molar-refractivity contribution is -0.388. The van der Waals surface area contributed by atoms with Crippen molar-refractivity contribution < 1.29 is 4.92 Å². The van der Waals surface area contributed by atoms with Gasteiger partial charge in [-0.25, -0.2) is 0 Å². The number of pyridine rings is 1. The number of anilines is 1. The Morgan fingerprint density at radius 2 is 2.47 bits per heavy atom. The topological polar surface area (TPSA) is 94.1 Å². The van der Waals surface area contributed by atoms with Gasteiger partial charge in [-0.05, 0) is 28.5 Å². The molecule has 1 heterocycles. The van der Waals surface area contributed by atoms with Gasteiger partial charge in [-0.2, -0.15) is 0 Å². The number of nitrogens with zero attached hydrogens (tertiary/aromatic N) is 2. The molecule has 1 unspecified atom stereocenters. The van der Waals surface area contributed by atoms with Gasteiger partial charge in [0.1, 0.15) is 11.9 Å². The number of hydrogen-bond donors (Lipinski definition) is 2. The maximum absolute atomic E-state index is 10.7. The second-order valence-corrected chi connectivity index (χ2v) is 3.12. The summed E-state index contributed by atoms with van der Waals surface area (Å²) in [4.78, 5) is 13.8. The minimum absolute atomic E-state index is 0.0351. The summed E-state index contributed by atoms with van der Waals surface area (Å²) in [6.45, 7) is 2.40. The van der Waals surface area contributed by atoms with E-state index in [2.05, 4.69) is 10.3 Å². The standard InChI is InChI=1S/C9H14N4O2/c1-2-7(6-10)12-8-4-3-5-11-9(8)13(14)15/h3-5,7,12H,2,6,10H2,1H3. The molecule has 0 aliphatic rings. The van der Waals surface area contributed by atoms with Crippen LogP contribution in [-0.4, -0.2) is 22.5 Å². The first-order chi connectivity index (χ1) is 7.19. The zero-order valence-electron chi connectivity index (χ0n) is 8.51. The van der Waals surface area contributed by atoms with Crippen molar-refractivity contribution in [2.75, 3.05) is 11.9 Å². The smallest absolute Gasteiger partial charge is 0.374 e. The predicted molar refractivity (Wildman–Crippen MR) is 57.6 cm³/mol. The van der Waals surface area contributed by atoms with Crippen molar-refractivity contribution in [1.29, 1.82) is 0 Å². The largest absolute Gasteiger partial charge is 0.386 e. The molecule has 0 bridgehead atoms. The highest BCUT2D eigenvalue weighted by molar-refractivity contribution is 5.57. The van der Waals surface area contributed by atoms with Crippen molar-refractivity contribution in [1.82, 2.24) is 4.98 Å². The van der Waals surface area contributed by atoms with Crippen molar-refractivity contribution in [2.45, 2.75) is 19.4 Å². The van der Waals surface area contributed by atoms with Gasteiger partial charge < -0.3 is 21.2 Å². The second-order valence-electron chi connectivity index (χ2n) is 3.12. The minimum atomic E-state index is -0.508. The normalized spacial score (nSPS) is 12.1. The predicted octanol–water partition coefficient (Wildman–Crippen LogP) is 1.14. The molecule has 6 heteroatoms. The SMILES string of the molecule is CCC(CN)Nc1cccnc1[N+](=O)[O-]. The number of rotatable bonds is 5. The quantitative estimate of drug-likeness (QED) is 0.561. The molecular weight excluding hydrogens is 196 g/mol. The monoisotopic (exact) mass is 210 g/mol. The Bertz CT molecular complexity index is 339. The van der Waals surface area contributed by atoms with Crippen LogP contribution in [0.5, 0.6) is 0 Å². The van der Waals surface area contributed by atoms with Crippen molar-refractivity contribution in [3.05, 3.63) is 28.4 Å². The molecule has 0 fully saturated rings. The maximum Gasteiger partial charge on any atom is 0.386 e. The number of nitro groups is 1. The van der Waals surface area contributed by atoms with Crippen LogP contribution in [0, 0.1) is 10.1 Å². The van der Waals surface area contributed by atoms with E-state index in [9.17, 15) is 10.1 Å². The lowest BCUT2D eigenvalue weighted by atomic mass is 10.2. The van der Waals surface area contributed by atoms with E-state index in [1.807, 2.05) is 6.92 Å². The van der Waals surface area contributed by atoms with Gasteiger partial charge in [0.2, 0.25) is 0 Å². The molecule has 15 heavy (non-hydrogen) atoms. The van der Waals surface area contributed by atoms with Gasteiger partial charge in [-0.3, -0.25) is 0 Å². The van der Waals surface area contributed by atoms with E-state index in [-0.39, 0.29) is 11.9 Å².